The number of hydrogen-bond donors (Lipinski definition) is 1. The first-order valence-electron chi connectivity index (χ1n) is 8.95. The SMILES string of the molecule is COc1cccc(CN2C(=O)C(O)=C(C(=O)c3cccs3)C2c2ccncc2)c1. The molecule has 0 radical (unpaired) electrons. The Labute approximate surface area is 171 Å². The van der Waals surface area contributed by atoms with Gasteiger partial charge in [0.1, 0.15) is 5.75 Å². The molecule has 1 unspecified atom stereocenters. The van der Waals surface area contributed by atoms with E-state index in [9.17, 15) is 14.7 Å². The fourth-order valence-corrected chi connectivity index (χ4v) is 4.13. The van der Waals surface area contributed by atoms with Crippen molar-refractivity contribution < 1.29 is 19.4 Å². The maximum atomic E-state index is 13.1. The molecule has 1 N–H and O–H groups in total. The molecule has 0 spiro atoms. The quantitative estimate of drug-likeness (QED) is 0.628. The number of hydrogen-bond acceptors (Lipinski definition) is 6. The summed E-state index contributed by atoms with van der Waals surface area (Å²) < 4.78 is 5.26. The Morgan fingerprint density at radius 3 is 2.69 bits per heavy atom. The van der Waals surface area contributed by atoms with Gasteiger partial charge in [0.2, 0.25) is 5.78 Å². The summed E-state index contributed by atoms with van der Waals surface area (Å²) in [5.41, 5.74) is 1.63. The van der Waals surface area contributed by atoms with Crippen LogP contribution in [-0.2, 0) is 11.3 Å². The number of carbonyl (C=O) groups is 2. The molecule has 0 saturated carbocycles. The maximum absolute atomic E-state index is 13.1. The van der Waals surface area contributed by atoms with Crippen LogP contribution in [0.1, 0.15) is 26.8 Å². The van der Waals surface area contributed by atoms with Gasteiger partial charge in [-0.25, -0.2) is 0 Å². The van der Waals surface area contributed by atoms with Crippen LogP contribution in [0.2, 0.25) is 0 Å². The molecule has 3 heterocycles. The topological polar surface area (TPSA) is 79.7 Å². The van der Waals surface area contributed by atoms with Crippen LogP contribution in [0.3, 0.4) is 0 Å². The van der Waals surface area contributed by atoms with Gasteiger partial charge in [-0.3, -0.25) is 14.6 Å². The Hall–Kier alpha value is -3.45. The Morgan fingerprint density at radius 1 is 1.21 bits per heavy atom. The number of ketones is 1. The van der Waals surface area contributed by atoms with E-state index in [1.54, 1.807) is 49.1 Å². The first kappa shape index (κ1) is 18.9. The third-order valence-corrected chi connectivity index (χ3v) is 5.67. The fourth-order valence-electron chi connectivity index (χ4n) is 3.45. The van der Waals surface area contributed by atoms with Crippen molar-refractivity contribution in [3.8, 4) is 5.75 Å². The van der Waals surface area contributed by atoms with Crippen LogP contribution in [0.25, 0.3) is 0 Å². The molecule has 6 nitrogen and oxygen atoms in total. The summed E-state index contributed by atoms with van der Waals surface area (Å²) >= 11 is 1.27. The predicted octanol–water partition coefficient (Wildman–Crippen LogP) is 3.93. The van der Waals surface area contributed by atoms with Gasteiger partial charge in [0, 0.05) is 18.9 Å². The number of carbonyl (C=O) groups excluding carboxylic acids is 2. The van der Waals surface area contributed by atoms with Crippen molar-refractivity contribution >= 4 is 23.0 Å². The summed E-state index contributed by atoms with van der Waals surface area (Å²) in [5.74, 6) is -0.759. The molecule has 29 heavy (non-hydrogen) atoms. The number of rotatable bonds is 6. The number of ether oxygens (including phenoxy) is 1. The Morgan fingerprint density at radius 2 is 2.00 bits per heavy atom. The van der Waals surface area contributed by atoms with Gasteiger partial charge in [-0.1, -0.05) is 18.2 Å². The second-order valence-corrected chi connectivity index (χ2v) is 7.48. The minimum Gasteiger partial charge on any atom is -0.503 e. The van der Waals surface area contributed by atoms with Crippen molar-refractivity contribution in [1.82, 2.24) is 9.88 Å². The summed E-state index contributed by atoms with van der Waals surface area (Å²) in [6.45, 7) is 0.217. The van der Waals surface area contributed by atoms with Gasteiger partial charge in [0.25, 0.3) is 5.91 Å². The third-order valence-electron chi connectivity index (χ3n) is 4.80. The smallest absolute Gasteiger partial charge is 0.290 e. The molecule has 146 valence electrons. The van der Waals surface area contributed by atoms with Crippen molar-refractivity contribution in [2.45, 2.75) is 12.6 Å². The molecule has 2 aromatic heterocycles. The number of aliphatic hydroxyl groups is 1. The minimum absolute atomic E-state index is 0.0894. The molecule has 0 bridgehead atoms. The number of methoxy groups -OCH3 is 1. The van der Waals surface area contributed by atoms with Crippen LogP contribution in [0.15, 0.2) is 77.6 Å². The van der Waals surface area contributed by atoms with Crippen molar-refractivity contribution in [2.24, 2.45) is 0 Å². The van der Waals surface area contributed by atoms with E-state index < -0.39 is 17.7 Å². The van der Waals surface area contributed by atoms with Gasteiger partial charge in [0.05, 0.1) is 23.6 Å². The molecular formula is C22H18N2O4S. The number of amides is 1. The number of benzene rings is 1. The van der Waals surface area contributed by atoms with Crippen LogP contribution in [0, 0.1) is 0 Å². The van der Waals surface area contributed by atoms with E-state index in [-0.39, 0.29) is 17.9 Å². The van der Waals surface area contributed by atoms with E-state index in [1.807, 2.05) is 24.3 Å². The van der Waals surface area contributed by atoms with E-state index in [0.717, 1.165) is 5.56 Å². The molecule has 1 atom stereocenters. The zero-order chi connectivity index (χ0) is 20.4. The van der Waals surface area contributed by atoms with Gasteiger partial charge in [-0.05, 0) is 46.8 Å². The minimum atomic E-state index is -0.702. The Kier molecular flexibility index (Phi) is 5.14. The van der Waals surface area contributed by atoms with Crippen LogP contribution in [0.5, 0.6) is 5.75 Å². The molecule has 3 aromatic rings. The summed E-state index contributed by atoms with van der Waals surface area (Å²) in [6.07, 6.45) is 3.21. The lowest BCUT2D eigenvalue weighted by Crippen LogP contribution is -2.30. The van der Waals surface area contributed by atoms with E-state index in [1.165, 1.54) is 16.2 Å². The van der Waals surface area contributed by atoms with Crippen LogP contribution >= 0.6 is 11.3 Å². The highest BCUT2D eigenvalue weighted by molar-refractivity contribution is 7.12. The standard InChI is InChI=1S/C22H18N2O4S/c1-28-16-5-2-4-14(12-16)13-24-19(15-7-9-23-10-8-15)18(21(26)22(24)27)20(25)17-6-3-11-29-17/h2-12,19,26H,13H2,1H3. The number of aliphatic hydroxyl groups excluding tert-OH is 1. The highest BCUT2D eigenvalue weighted by Crippen LogP contribution is 2.40. The summed E-state index contributed by atoms with van der Waals surface area (Å²) in [7, 11) is 1.57. The van der Waals surface area contributed by atoms with Crippen LogP contribution in [0.4, 0.5) is 0 Å². The summed E-state index contributed by atoms with van der Waals surface area (Å²) in [4.78, 5) is 32.1. The molecule has 0 aliphatic carbocycles. The largest absolute Gasteiger partial charge is 0.503 e. The van der Waals surface area contributed by atoms with E-state index >= 15 is 0 Å². The Bertz CT molecular complexity index is 1080. The van der Waals surface area contributed by atoms with Crippen molar-refractivity contribution in [3.05, 3.63) is 93.6 Å². The van der Waals surface area contributed by atoms with Gasteiger partial charge >= 0.3 is 0 Å². The normalized spacial score (nSPS) is 16.4. The average molecular weight is 406 g/mol. The van der Waals surface area contributed by atoms with Crippen LogP contribution < -0.4 is 4.74 Å². The molecular weight excluding hydrogens is 388 g/mol. The van der Waals surface area contributed by atoms with E-state index in [0.29, 0.717) is 16.2 Å². The lowest BCUT2D eigenvalue weighted by molar-refractivity contribution is -0.130. The van der Waals surface area contributed by atoms with Gasteiger partial charge in [-0.15, -0.1) is 11.3 Å². The molecule has 4 rings (SSSR count). The predicted molar refractivity (Wildman–Crippen MR) is 109 cm³/mol. The lowest BCUT2D eigenvalue weighted by atomic mass is 9.96. The van der Waals surface area contributed by atoms with Crippen molar-refractivity contribution in [1.29, 1.82) is 0 Å². The maximum Gasteiger partial charge on any atom is 0.290 e. The van der Waals surface area contributed by atoms with Gasteiger partial charge in [-0.2, -0.15) is 0 Å². The number of Topliss-reactive ketones (excluding diaryl/α,β-unsaturated/α-hetero) is 1. The molecule has 1 amide bonds. The summed E-state index contributed by atoms with van der Waals surface area (Å²) in [5, 5.41) is 12.4. The van der Waals surface area contributed by atoms with Crippen LogP contribution in [-0.4, -0.2) is 33.8 Å². The Balaban J connectivity index is 1.77. The highest BCUT2D eigenvalue weighted by atomic mass is 32.1. The number of pyridine rings is 1. The molecule has 1 aliphatic rings. The fraction of sp³-hybridized carbons (Fsp3) is 0.136. The number of thiophene rings is 1. The first-order chi connectivity index (χ1) is 14.1. The third kappa shape index (κ3) is 3.52. The second-order valence-electron chi connectivity index (χ2n) is 6.54. The second kappa shape index (κ2) is 7.89. The zero-order valence-electron chi connectivity index (χ0n) is 15.6. The van der Waals surface area contributed by atoms with E-state index in [4.69, 9.17) is 4.74 Å². The average Bonchev–Trinajstić information content (AvgIpc) is 3.37. The molecule has 1 aliphatic heterocycles. The molecule has 0 saturated heterocycles. The summed E-state index contributed by atoms with van der Waals surface area (Å²) in [6, 6.07) is 13.6. The van der Waals surface area contributed by atoms with E-state index in [2.05, 4.69) is 4.98 Å². The number of nitrogens with zero attached hydrogens (tertiary/aromatic N) is 2. The van der Waals surface area contributed by atoms with Gasteiger partial charge < -0.3 is 14.7 Å². The van der Waals surface area contributed by atoms with Crippen molar-refractivity contribution in [2.75, 3.05) is 7.11 Å². The molecule has 7 heteroatoms. The monoisotopic (exact) mass is 406 g/mol. The van der Waals surface area contributed by atoms with Crippen molar-refractivity contribution in [3.63, 3.8) is 0 Å². The zero-order valence-corrected chi connectivity index (χ0v) is 16.4. The first-order valence-corrected chi connectivity index (χ1v) is 9.83. The molecule has 1 aromatic carbocycles. The number of aromatic nitrogens is 1. The highest BCUT2D eigenvalue weighted by Gasteiger charge is 2.43. The lowest BCUT2D eigenvalue weighted by Gasteiger charge is -2.27. The molecule has 0 fully saturated rings. The van der Waals surface area contributed by atoms with Gasteiger partial charge in [0.15, 0.2) is 5.76 Å².